The Hall–Kier alpha value is -2.11. The monoisotopic (exact) mass is 539 g/mol. The largest absolute Gasteiger partial charge is 0.494 e. The summed E-state index contributed by atoms with van der Waals surface area (Å²) in [6.07, 6.45) is 12.5. The molecule has 1 heterocycles. The fourth-order valence-corrected chi connectivity index (χ4v) is 9.81. The number of ether oxygens (including phenoxy) is 2. The fraction of sp³-hybridized carbons (Fsp3) is 0.788. The van der Waals surface area contributed by atoms with Crippen LogP contribution in [-0.2, 0) is 23.9 Å². The molecular weight excluding hydrogens is 490 g/mol. The molecule has 216 valence electrons. The zero-order chi connectivity index (χ0) is 28.3. The zero-order valence-corrected chi connectivity index (χ0v) is 25.2. The lowest BCUT2D eigenvalue weighted by atomic mass is 9.47. The van der Waals surface area contributed by atoms with Gasteiger partial charge in [-0.2, -0.15) is 0 Å². The first-order valence-corrected chi connectivity index (χ1v) is 15.4. The second-order valence-corrected chi connectivity index (χ2v) is 14.0. The minimum atomic E-state index is -0.179. The van der Waals surface area contributed by atoms with Crippen LogP contribution in [0.25, 0.3) is 0 Å². The predicted molar refractivity (Wildman–Crippen MR) is 150 cm³/mol. The summed E-state index contributed by atoms with van der Waals surface area (Å²) in [7, 11) is 0. The second-order valence-electron chi connectivity index (χ2n) is 14.0. The van der Waals surface area contributed by atoms with E-state index in [2.05, 4.69) is 33.8 Å². The van der Waals surface area contributed by atoms with Gasteiger partial charge in [0.25, 0.3) is 0 Å². The highest BCUT2D eigenvalue weighted by molar-refractivity contribution is 5.92. The maximum atomic E-state index is 11.8. The molecule has 0 aromatic carbocycles. The molecule has 4 aliphatic carbocycles. The molecule has 6 heteroatoms. The average Bonchev–Trinajstić information content (AvgIpc) is 3.33. The number of fused-ring (bicyclic) bond motifs is 7. The summed E-state index contributed by atoms with van der Waals surface area (Å²) in [5.41, 5.74) is 3.50. The van der Waals surface area contributed by atoms with Crippen molar-refractivity contribution in [1.82, 2.24) is 4.90 Å². The Labute approximate surface area is 234 Å². The molecule has 0 bridgehead atoms. The maximum absolute atomic E-state index is 11.8. The van der Waals surface area contributed by atoms with Crippen LogP contribution in [0.15, 0.2) is 23.0 Å². The van der Waals surface area contributed by atoms with Crippen LogP contribution in [-0.4, -0.2) is 41.4 Å². The summed E-state index contributed by atoms with van der Waals surface area (Å²) >= 11 is 0. The molecule has 0 radical (unpaired) electrons. The van der Waals surface area contributed by atoms with Crippen molar-refractivity contribution in [3.05, 3.63) is 23.0 Å². The lowest BCUT2D eigenvalue weighted by molar-refractivity contribution is -0.149. The number of carbonyl (C=O) groups excluding carboxylic acids is 3. The number of imide groups is 1. The summed E-state index contributed by atoms with van der Waals surface area (Å²) < 4.78 is 12.4. The van der Waals surface area contributed by atoms with Gasteiger partial charge in [-0.25, -0.2) is 0 Å². The van der Waals surface area contributed by atoms with Crippen LogP contribution in [0.2, 0.25) is 0 Å². The highest BCUT2D eigenvalue weighted by Gasteiger charge is 2.63. The van der Waals surface area contributed by atoms with E-state index in [1.165, 1.54) is 44.1 Å². The standard InChI is InChI=1S/C33H49NO5/c1-19(18-34(21(3)35)22(4)36)8-11-29-20(2)31-30(39-29)17-28-26-10-9-24-16-25(38-23(5)37)12-14-32(24,6)27(26)13-15-33(28,31)7/h9,19,25-28,30-31H,8,10-18H2,1-7H3/t19-,25-,26-,27+,28+,30-,31+,32+,33+/m1/s1. The molecule has 6 nitrogen and oxygen atoms in total. The van der Waals surface area contributed by atoms with Gasteiger partial charge in [0, 0.05) is 46.1 Å². The van der Waals surface area contributed by atoms with Crippen molar-refractivity contribution in [2.45, 2.75) is 118 Å². The molecule has 0 unspecified atom stereocenters. The van der Waals surface area contributed by atoms with E-state index in [9.17, 15) is 14.4 Å². The maximum Gasteiger partial charge on any atom is 0.302 e. The average molecular weight is 540 g/mol. The first-order valence-electron chi connectivity index (χ1n) is 15.4. The summed E-state index contributed by atoms with van der Waals surface area (Å²) in [4.78, 5) is 36.6. The van der Waals surface area contributed by atoms with Gasteiger partial charge in [-0.1, -0.05) is 32.4 Å². The Bertz CT molecular complexity index is 1080. The van der Waals surface area contributed by atoms with E-state index in [4.69, 9.17) is 9.47 Å². The fourth-order valence-electron chi connectivity index (χ4n) is 9.81. The number of allylic oxidation sites excluding steroid dienone is 2. The van der Waals surface area contributed by atoms with Crippen molar-refractivity contribution < 1.29 is 23.9 Å². The molecule has 0 saturated heterocycles. The van der Waals surface area contributed by atoms with Crippen molar-refractivity contribution in [2.24, 2.45) is 40.4 Å². The molecule has 5 aliphatic rings. The van der Waals surface area contributed by atoms with Gasteiger partial charge in [0.15, 0.2) is 0 Å². The number of carbonyl (C=O) groups is 3. The van der Waals surface area contributed by atoms with E-state index in [-0.39, 0.29) is 46.7 Å². The van der Waals surface area contributed by atoms with Crippen LogP contribution in [0, 0.1) is 40.4 Å². The third kappa shape index (κ3) is 4.88. The van der Waals surface area contributed by atoms with Crippen LogP contribution in [0.4, 0.5) is 0 Å². The van der Waals surface area contributed by atoms with Crippen LogP contribution in [0.1, 0.15) is 106 Å². The van der Waals surface area contributed by atoms with Gasteiger partial charge in [-0.05, 0) is 91.9 Å². The van der Waals surface area contributed by atoms with Gasteiger partial charge < -0.3 is 9.47 Å². The molecular formula is C33H49NO5. The lowest BCUT2D eigenvalue weighted by Gasteiger charge is -2.58. The quantitative estimate of drug-likeness (QED) is 0.281. The third-order valence-electron chi connectivity index (χ3n) is 11.7. The molecule has 0 spiro atoms. The summed E-state index contributed by atoms with van der Waals surface area (Å²) in [6.45, 7) is 14.4. The minimum absolute atomic E-state index is 0.0494. The Morgan fingerprint density at radius 1 is 1.10 bits per heavy atom. The van der Waals surface area contributed by atoms with Crippen molar-refractivity contribution in [3.63, 3.8) is 0 Å². The molecule has 0 aromatic rings. The normalized spacial score (nSPS) is 39.4. The van der Waals surface area contributed by atoms with Crippen LogP contribution >= 0.6 is 0 Å². The Morgan fingerprint density at radius 3 is 2.49 bits per heavy atom. The lowest BCUT2D eigenvalue weighted by Crippen LogP contribution is -2.50. The number of hydrogen-bond acceptors (Lipinski definition) is 5. The number of esters is 1. The van der Waals surface area contributed by atoms with Crippen LogP contribution in [0.5, 0.6) is 0 Å². The SMILES string of the molecule is CC(=O)O[C@@H]1CC[C@@]2(C)C(=CC[C@H]3[C@@H]4C[C@H]5OC(CC[C@@H](C)CN(C(C)=O)C(C)=O)=C(C)[C@@H]5[C@@]4(C)CC[C@@H]32)C1. The van der Waals surface area contributed by atoms with Crippen molar-refractivity contribution in [1.29, 1.82) is 0 Å². The topological polar surface area (TPSA) is 72.9 Å². The van der Waals surface area contributed by atoms with E-state index < -0.39 is 0 Å². The molecule has 2 amide bonds. The Kier molecular flexibility index (Phi) is 7.56. The highest BCUT2D eigenvalue weighted by Crippen LogP contribution is 2.69. The van der Waals surface area contributed by atoms with Gasteiger partial charge in [0.1, 0.15) is 12.2 Å². The second kappa shape index (κ2) is 10.4. The van der Waals surface area contributed by atoms with Crippen molar-refractivity contribution in [2.75, 3.05) is 6.54 Å². The highest BCUT2D eigenvalue weighted by atomic mass is 16.5. The van der Waals surface area contributed by atoms with E-state index in [1.54, 1.807) is 5.57 Å². The molecule has 39 heavy (non-hydrogen) atoms. The zero-order valence-electron chi connectivity index (χ0n) is 25.2. The Morgan fingerprint density at radius 2 is 1.82 bits per heavy atom. The molecule has 3 fully saturated rings. The van der Waals surface area contributed by atoms with Crippen molar-refractivity contribution in [3.8, 4) is 0 Å². The van der Waals surface area contributed by atoms with E-state index in [0.29, 0.717) is 30.2 Å². The van der Waals surface area contributed by atoms with Gasteiger partial charge in [0.2, 0.25) is 11.8 Å². The van der Waals surface area contributed by atoms with Crippen LogP contribution < -0.4 is 0 Å². The molecule has 0 N–H and O–H groups in total. The van der Waals surface area contributed by atoms with E-state index in [0.717, 1.165) is 50.7 Å². The molecule has 0 aromatic heterocycles. The smallest absolute Gasteiger partial charge is 0.302 e. The number of nitrogens with zero attached hydrogens (tertiary/aromatic N) is 1. The van der Waals surface area contributed by atoms with Gasteiger partial charge in [-0.3, -0.25) is 19.3 Å². The first kappa shape index (κ1) is 28.4. The third-order valence-corrected chi connectivity index (χ3v) is 11.7. The molecule has 5 rings (SSSR count). The van der Waals surface area contributed by atoms with Gasteiger partial charge in [-0.15, -0.1) is 0 Å². The Balaban J connectivity index is 1.27. The number of hydrogen-bond donors (Lipinski definition) is 0. The molecule has 1 aliphatic heterocycles. The van der Waals surface area contributed by atoms with Gasteiger partial charge >= 0.3 is 5.97 Å². The number of rotatable bonds is 6. The van der Waals surface area contributed by atoms with E-state index in [1.807, 2.05) is 0 Å². The summed E-state index contributed by atoms with van der Waals surface area (Å²) in [5.74, 6) is 3.48. The summed E-state index contributed by atoms with van der Waals surface area (Å²) in [6, 6.07) is 0. The van der Waals surface area contributed by atoms with Crippen LogP contribution in [0.3, 0.4) is 0 Å². The molecule has 9 atom stereocenters. The minimum Gasteiger partial charge on any atom is -0.494 e. The first-order chi connectivity index (χ1) is 18.3. The molecule has 3 saturated carbocycles. The predicted octanol–water partition coefficient (Wildman–Crippen LogP) is 6.59. The van der Waals surface area contributed by atoms with Crippen molar-refractivity contribution >= 4 is 17.8 Å². The number of amides is 2. The van der Waals surface area contributed by atoms with E-state index >= 15 is 0 Å². The summed E-state index contributed by atoms with van der Waals surface area (Å²) in [5, 5.41) is 0. The van der Waals surface area contributed by atoms with Gasteiger partial charge in [0.05, 0.1) is 5.76 Å².